The number of carbonyl (C=O) groups is 1. The number of hydrogen-bond donors (Lipinski definition) is 0. The van der Waals surface area contributed by atoms with Crippen molar-refractivity contribution < 1.29 is 9.53 Å². The summed E-state index contributed by atoms with van der Waals surface area (Å²) in [7, 11) is 0. The molecule has 2 aromatic rings. The Morgan fingerprint density at radius 1 is 1.05 bits per heavy atom. The summed E-state index contributed by atoms with van der Waals surface area (Å²) in [5, 5.41) is 0. The fraction of sp³-hybridized carbons (Fsp3) is 0.235. The van der Waals surface area contributed by atoms with Crippen LogP contribution < -0.4 is 4.74 Å². The van der Waals surface area contributed by atoms with Crippen LogP contribution in [0.3, 0.4) is 0 Å². The van der Waals surface area contributed by atoms with Crippen molar-refractivity contribution in [3.63, 3.8) is 0 Å². The second-order valence-electron chi connectivity index (χ2n) is 4.74. The van der Waals surface area contributed by atoms with Gasteiger partial charge in [-0.3, -0.25) is 4.79 Å². The third kappa shape index (κ3) is 3.95. The van der Waals surface area contributed by atoms with Crippen LogP contribution in [-0.2, 0) is 4.79 Å². The quantitative estimate of drug-likeness (QED) is 0.803. The monoisotopic (exact) mass is 254 g/mol. The zero-order valence-electron chi connectivity index (χ0n) is 11.3. The molecule has 2 heteroatoms. The maximum absolute atomic E-state index is 11.4. The Morgan fingerprint density at radius 2 is 1.68 bits per heavy atom. The molecule has 2 aromatic carbocycles. The van der Waals surface area contributed by atoms with E-state index in [0.29, 0.717) is 6.42 Å². The van der Waals surface area contributed by atoms with E-state index in [0.717, 1.165) is 11.3 Å². The molecule has 19 heavy (non-hydrogen) atoms. The summed E-state index contributed by atoms with van der Waals surface area (Å²) in [5.74, 6) is 0.918. The first kappa shape index (κ1) is 13.3. The Morgan fingerprint density at radius 3 is 2.26 bits per heavy atom. The second kappa shape index (κ2) is 6.19. The smallest absolute Gasteiger partial charge is 0.133 e. The molecule has 0 aliphatic rings. The fourth-order valence-corrected chi connectivity index (χ4v) is 1.94. The topological polar surface area (TPSA) is 26.3 Å². The zero-order valence-corrected chi connectivity index (χ0v) is 11.3. The molecule has 98 valence electrons. The lowest BCUT2D eigenvalue weighted by Crippen LogP contribution is -2.11. The number of benzene rings is 2. The molecule has 0 N–H and O–H groups in total. The Balaban J connectivity index is 2.19. The molecule has 1 unspecified atom stereocenters. The fourth-order valence-electron chi connectivity index (χ4n) is 1.94. The first-order valence-electron chi connectivity index (χ1n) is 6.43. The zero-order chi connectivity index (χ0) is 13.7. The lowest BCUT2D eigenvalue weighted by atomic mass is 10.0. The van der Waals surface area contributed by atoms with E-state index in [1.165, 1.54) is 5.56 Å². The van der Waals surface area contributed by atoms with Gasteiger partial charge < -0.3 is 4.74 Å². The van der Waals surface area contributed by atoms with Crippen molar-refractivity contribution in [2.45, 2.75) is 26.4 Å². The number of aryl methyl sites for hydroxylation is 1. The van der Waals surface area contributed by atoms with Gasteiger partial charge in [-0.15, -0.1) is 0 Å². The van der Waals surface area contributed by atoms with Crippen LogP contribution in [0.2, 0.25) is 0 Å². The average molecular weight is 254 g/mol. The molecule has 0 radical (unpaired) electrons. The Labute approximate surface area is 114 Å². The normalized spacial score (nSPS) is 11.9. The predicted molar refractivity (Wildman–Crippen MR) is 76.3 cm³/mol. The van der Waals surface area contributed by atoms with E-state index in [2.05, 4.69) is 0 Å². The van der Waals surface area contributed by atoms with Gasteiger partial charge in [0.1, 0.15) is 17.6 Å². The molecule has 0 spiro atoms. The number of carbonyl (C=O) groups excluding carboxylic acids is 1. The molecule has 0 aliphatic heterocycles. The van der Waals surface area contributed by atoms with Gasteiger partial charge >= 0.3 is 0 Å². The SMILES string of the molecule is CC(=O)CC(Oc1ccc(C)cc1)c1ccccc1. The van der Waals surface area contributed by atoms with E-state index in [9.17, 15) is 4.79 Å². The van der Waals surface area contributed by atoms with Gasteiger partial charge in [-0.1, -0.05) is 48.0 Å². The van der Waals surface area contributed by atoms with E-state index >= 15 is 0 Å². The second-order valence-corrected chi connectivity index (χ2v) is 4.74. The molecular formula is C17H18O2. The number of rotatable bonds is 5. The van der Waals surface area contributed by atoms with Gasteiger partial charge in [0.15, 0.2) is 0 Å². The van der Waals surface area contributed by atoms with Crippen LogP contribution in [0.5, 0.6) is 5.75 Å². The van der Waals surface area contributed by atoms with Crippen LogP contribution in [0.25, 0.3) is 0 Å². The molecule has 0 heterocycles. The summed E-state index contributed by atoms with van der Waals surface area (Å²) in [6.07, 6.45) is 0.166. The lowest BCUT2D eigenvalue weighted by molar-refractivity contribution is -0.118. The van der Waals surface area contributed by atoms with Gasteiger partial charge in [0.25, 0.3) is 0 Å². The van der Waals surface area contributed by atoms with Gasteiger partial charge in [0.2, 0.25) is 0 Å². The minimum Gasteiger partial charge on any atom is -0.485 e. The number of Topliss-reactive ketones (excluding diaryl/α,β-unsaturated/α-hetero) is 1. The summed E-state index contributed by atoms with van der Waals surface area (Å²) >= 11 is 0. The van der Waals surface area contributed by atoms with Crippen molar-refractivity contribution in [3.05, 3.63) is 65.7 Å². The molecule has 0 fully saturated rings. The number of hydrogen-bond acceptors (Lipinski definition) is 2. The van der Waals surface area contributed by atoms with Crippen LogP contribution in [0.1, 0.15) is 30.6 Å². The third-order valence-corrected chi connectivity index (χ3v) is 2.94. The maximum atomic E-state index is 11.4. The summed E-state index contributed by atoms with van der Waals surface area (Å²) in [4.78, 5) is 11.4. The van der Waals surface area contributed by atoms with Crippen LogP contribution in [0.4, 0.5) is 0 Å². The molecule has 0 amide bonds. The Bertz CT molecular complexity index is 529. The van der Waals surface area contributed by atoms with Crippen molar-refractivity contribution in [2.75, 3.05) is 0 Å². The molecular weight excluding hydrogens is 236 g/mol. The first-order valence-corrected chi connectivity index (χ1v) is 6.43. The van der Waals surface area contributed by atoms with Crippen molar-refractivity contribution in [1.82, 2.24) is 0 Å². The highest BCUT2D eigenvalue weighted by Crippen LogP contribution is 2.25. The number of ether oxygens (including phenoxy) is 1. The lowest BCUT2D eigenvalue weighted by Gasteiger charge is -2.18. The van der Waals surface area contributed by atoms with E-state index in [4.69, 9.17) is 4.74 Å². The molecule has 2 nitrogen and oxygen atoms in total. The minimum absolute atomic E-state index is 0.126. The highest BCUT2D eigenvalue weighted by molar-refractivity contribution is 5.76. The van der Waals surface area contributed by atoms with Gasteiger partial charge in [0, 0.05) is 6.42 Å². The van der Waals surface area contributed by atoms with E-state index in [1.807, 2.05) is 61.5 Å². The highest BCUT2D eigenvalue weighted by Gasteiger charge is 2.15. The Hall–Kier alpha value is -2.09. The maximum Gasteiger partial charge on any atom is 0.133 e. The van der Waals surface area contributed by atoms with E-state index < -0.39 is 0 Å². The Kier molecular flexibility index (Phi) is 4.35. The summed E-state index contributed by atoms with van der Waals surface area (Å²) in [6, 6.07) is 17.7. The van der Waals surface area contributed by atoms with Crippen LogP contribution in [0.15, 0.2) is 54.6 Å². The van der Waals surface area contributed by atoms with Crippen molar-refractivity contribution in [2.24, 2.45) is 0 Å². The summed E-state index contributed by atoms with van der Waals surface area (Å²) < 4.78 is 5.95. The van der Waals surface area contributed by atoms with Crippen LogP contribution in [-0.4, -0.2) is 5.78 Å². The molecule has 0 saturated carbocycles. The number of ketones is 1. The van der Waals surface area contributed by atoms with Crippen molar-refractivity contribution in [1.29, 1.82) is 0 Å². The first-order chi connectivity index (χ1) is 9.15. The summed E-state index contributed by atoms with van der Waals surface area (Å²) in [6.45, 7) is 3.63. The van der Waals surface area contributed by atoms with Crippen molar-refractivity contribution >= 4 is 5.78 Å². The largest absolute Gasteiger partial charge is 0.485 e. The van der Waals surface area contributed by atoms with Crippen LogP contribution in [0, 0.1) is 6.92 Å². The van der Waals surface area contributed by atoms with Crippen LogP contribution >= 0.6 is 0 Å². The summed E-state index contributed by atoms with van der Waals surface area (Å²) in [5.41, 5.74) is 2.22. The standard InChI is InChI=1S/C17H18O2/c1-13-8-10-16(11-9-13)19-17(12-14(2)18)15-6-4-3-5-7-15/h3-11,17H,12H2,1-2H3. The average Bonchev–Trinajstić information content (AvgIpc) is 2.41. The molecule has 0 aliphatic carbocycles. The third-order valence-electron chi connectivity index (χ3n) is 2.94. The van der Waals surface area contributed by atoms with Crippen molar-refractivity contribution in [3.8, 4) is 5.75 Å². The molecule has 0 aromatic heterocycles. The molecule has 1 atom stereocenters. The molecule has 0 saturated heterocycles. The van der Waals surface area contributed by atoms with E-state index in [-0.39, 0.29) is 11.9 Å². The predicted octanol–water partition coefficient (Wildman–Crippen LogP) is 4.09. The van der Waals surface area contributed by atoms with Gasteiger partial charge in [0.05, 0.1) is 0 Å². The highest BCUT2D eigenvalue weighted by atomic mass is 16.5. The minimum atomic E-state index is -0.221. The molecule has 2 rings (SSSR count). The molecule has 0 bridgehead atoms. The van der Waals surface area contributed by atoms with Gasteiger partial charge in [-0.25, -0.2) is 0 Å². The van der Waals surface area contributed by atoms with Gasteiger partial charge in [-0.05, 0) is 31.5 Å². The van der Waals surface area contributed by atoms with E-state index in [1.54, 1.807) is 6.92 Å². The van der Waals surface area contributed by atoms with Gasteiger partial charge in [-0.2, -0.15) is 0 Å².